The number of amides is 1. The molecule has 0 fully saturated rings. The van der Waals surface area contributed by atoms with Crippen molar-refractivity contribution in [2.45, 2.75) is 20.5 Å². The van der Waals surface area contributed by atoms with E-state index in [1.165, 1.54) is 6.08 Å². The second-order valence-electron chi connectivity index (χ2n) is 8.22. The van der Waals surface area contributed by atoms with E-state index in [2.05, 4.69) is 39.4 Å². The Balaban J connectivity index is 1.60. The normalized spacial score (nSPS) is 11.2. The third kappa shape index (κ3) is 6.14. The number of nitrogens with zero attached hydrogens (tertiary/aromatic N) is 1. The van der Waals surface area contributed by atoms with Crippen molar-refractivity contribution in [3.05, 3.63) is 105 Å². The third-order valence-electron chi connectivity index (χ3n) is 5.81. The number of anilines is 1. The largest absolute Gasteiger partial charge is 0.490 e. The predicted octanol–water partition coefficient (Wildman–Crippen LogP) is 8.09. The summed E-state index contributed by atoms with van der Waals surface area (Å²) in [7, 11) is 0. The maximum absolute atomic E-state index is 12.9. The highest BCUT2D eigenvalue weighted by molar-refractivity contribution is 9.10. The molecule has 5 nitrogen and oxygen atoms in total. The molecular weight excluding hydrogens is 552 g/mol. The molecule has 0 atom stereocenters. The number of nitrogens with one attached hydrogen (secondary N) is 1. The molecule has 0 spiro atoms. The van der Waals surface area contributed by atoms with Gasteiger partial charge in [-0.2, -0.15) is 5.26 Å². The van der Waals surface area contributed by atoms with Crippen LogP contribution < -0.4 is 14.8 Å². The lowest BCUT2D eigenvalue weighted by Gasteiger charge is -2.15. The molecule has 0 saturated heterocycles. The van der Waals surface area contributed by atoms with E-state index in [1.807, 2.05) is 37.3 Å². The molecule has 0 unspecified atom stereocenters. The van der Waals surface area contributed by atoms with Gasteiger partial charge < -0.3 is 14.8 Å². The zero-order valence-corrected chi connectivity index (χ0v) is 22.7. The molecule has 0 bridgehead atoms. The number of carbonyl (C=O) groups is 1. The van der Waals surface area contributed by atoms with Gasteiger partial charge in [0, 0.05) is 15.2 Å². The first-order valence-electron chi connectivity index (χ1n) is 11.6. The van der Waals surface area contributed by atoms with Gasteiger partial charge in [-0.3, -0.25) is 4.79 Å². The Bertz CT molecular complexity index is 1540. The quantitative estimate of drug-likeness (QED) is 0.170. The van der Waals surface area contributed by atoms with E-state index in [9.17, 15) is 10.1 Å². The number of halogens is 2. The Morgan fingerprint density at radius 2 is 1.78 bits per heavy atom. The smallest absolute Gasteiger partial charge is 0.266 e. The SMILES string of the molecule is CCOc1cc(/C=C(\C#N)C(=O)Nc2cccc(Cl)c2C)c(Br)cc1OCc1cccc2ccccc12. The van der Waals surface area contributed by atoms with Gasteiger partial charge in [0.25, 0.3) is 5.91 Å². The third-order valence-corrected chi connectivity index (χ3v) is 6.90. The zero-order valence-electron chi connectivity index (χ0n) is 20.3. The first-order valence-corrected chi connectivity index (χ1v) is 12.8. The summed E-state index contributed by atoms with van der Waals surface area (Å²) in [5.74, 6) is 0.533. The highest BCUT2D eigenvalue weighted by atomic mass is 79.9. The van der Waals surface area contributed by atoms with Gasteiger partial charge in [0.15, 0.2) is 11.5 Å². The van der Waals surface area contributed by atoms with E-state index in [0.29, 0.717) is 45.5 Å². The fourth-order valence-electron chi connectivity index (χ4n) is 3.85. The van der Waals surface area contributed by atoms with Crippen LogP contribution in [0.25, 0.3) is 16.8 Å². The highest BCUT2D eigenvalue weighted by Crippen LogP contribution is 2.36. The summed E-state index contributed by atoms with van der Waals surface area (Å²) in [6.45, 7) is 4.46. The molecule has 0 aromatic heterocycles. The van der Waals surface area contributed by atoms with Gasteiger partial charge in [0.05, 0.1) is 6.61 Å². The van der Waals surface area contributed by atoms with E-state index < -0.39 is 5.91 Å². The van der Waals surface area contributed by atoms with Gasteiger partial charge in [-0.15, -0.1) is 0 Å². The van der Waals surface area contributed by atoms with Crippen molar-refractivity contribution in [1.82, 2.24) is 0 Å². The number of fused-ring (bicyclic) bond motifs is 1. The van der Waals surface area contributed by atoms with Crippen LogP contribution in [-0.4, -0.2) is 12.5 Å². The van der Waals surface area contributed by atoms with E-state index in [0.717, 1.165) is 21.9 Å². The maximum atomic E-state index is 12.9. The Hall–Kier alpha value is -3.79. The van der Waals surface area contributed by atoms with Crippen molar-refractivity contribution in [1.29, 1.82) is 5.26 Å². The molecule has 0 saturated carbocycles. The van der Waals surface area contributed by atoms with Crippen LogP contribution in [0.1, 0.15) is 23.6 Å². The minimum atomic E-state index is -0.533. The lowest BCUT2D eigenvalue weighted by Crippen LogP contribution is -2.14. The van der Waals surface area contributed by atoms with Crippen LogP contribution in [-0.2, 0) is 11.4 Å². The lowest BCUT2D eigenvalue weighted by atomic mass is 10.1. The van der Waals surface area contributed by atoms with Crippen LogP contribution in [0.4, 0.5) is 5.69 Å². The number of hydrogen-bond acceptors (Lipinski definition) is 4. The van der Waals surface area contributed by atoms with Crippen molar-refractivity contribution in [2.75, 3.05) is 11.9 Å². The monoisotopic (exact) mass is 574 g/mol. The summed E-state index contributed by atoms with van der Waals surface area (Å²) < 4.78 is 12.7. The molecule has 4 rings (SSSR count). The van der Waals surface area contributed by atoms with Gasteiger partial charge in [-0.1, -0.05) is 76.1 Å². The standard InChI is InChI=1S/C30H24BrClN2O3/c1-3-36-28-15-22(14-23(17-33)30(35)34-27-13-7-12-26(32)19(27)2)25(31)16-29(28)37-18-21-10-6-9-20-8-4-5-11-24(20)21/h4-16H,3,18H2,1-2H3,(H,34,35)/b23-14+. The number of benzene rings is 4. The average Bonchev–Trinajstić information content (AvgIpc) is 2.90. The van der Waals surface area contributed by atoms with Gasteiger partial charge in [0.2, 0.25) is 0 Å². The van der Waals surface area contributed by atoms with E-state index in [1.54, 1.807) is 37.3 Å². The van der Waals surface area contributed by atoms with Crippen LogP contribution >= 0.6 is 27.5 Å². The van der Waals surface area contributed by atoms with Crippen LogP contribution in [0, 0.1) is 18.3 Å². The minimum absolute atomic E-state index is 0.0630. The summed E-state index contributed by atoms with van der Waals surface area (Å²) in [6.07, 6.45) is 1.51. The fraction of sp³-hybridized carbons (Fsp3) is 0.133. The molecule has 37 heavy (non-hydrogen) atoms. The number of hydrogen-bond donors (Lipinski definition) is 1. The van der Waals surface area contributed by atoms with E-state index >= 15 is 0 Å². The number of ether oxygens (including phenoxy) is 2. The molecule has 0 aliphatic heterocycles. The number of rotatable bonds is 8. The molecule has 4 aromatic rings. The second kappa shape index (κ2) is 12.0. The van der Waals surface area contributed by atoms with Crippen molar-refractivity contribution in [3.8, 4) is 17.6 Å². The first-order chi connectivity index (χ1) is 17.9. The van der Waals surface area contributed by atoms with Crippen molar-refractivity contribution >= 4 is 56.0 Å². The van der Waals surface area contributed by atoms with Crippen LogP contribution in [0.5, 0.6) is 11.5 Å². The molecule has 0 aliphatic rings. The highest BCUT2D eigenvalue weighted by Gasteiger charge is 2.16. The second-order valence-corrected chi connectivity index (χ2v) is 9.48. The van der Waals surface area contributed by atoms with Crippen molar-refractivity contribution in [3.63, 3.8) is 0 Å². The molecule has 1 amide bonds. The van der Waals surface area contributed by atoms with Crippen molar-refractivity contribution in [2.24, 2.45) is 0 Å². The Labute approximate surface area is 229 Å². The molecule has 186 valence electrons. The topological polar surface area (TPSA) is 71.3 Å². The molecular formula is C30H24BrClN2O3. The molecule has 0 aliphatic carbocycles. The molecule has 7 heteroatoms. The van der Waals surface area contributed by atoms with Gasteiger partial charge in [-0.25, -0.2) is 0 Å². The predicted molar refractivity (Wildman–Crippen MR) is 152 cm³/mol. The Kier molecular flexibility index (Phi) is 8.50. The van der Waals surface area contributed by atoms with Crippen molar-refractivity contribution < 1.29 is 14.3 Å². The summed E-state index contributed by atoms with van der Waals surface area (Å²) >= 11 is 9.71. The molecule has 0 radical (unpaired) electrons. The average molecular weight is 576 g/mol. The van der Waals surface area contributed by atoms with E-state index in [-0.39, 0.29) is 5.57 Å². The van der Waals surface area contributed by atoms with Crippen LogP contribution in [0.2, 0.25) is 5.02 Å². The number of nitriles is 1. The summed E-state index contributed by atoms with van der Waals surface area (Å²) in [4.78, 5) is 12.9. The first kappa shape index (κ1) is 26.3. The number of carbonyl (C=O) groups excluding carboxylic acids is 1. The van der Waals surface area contributed by atoms with Crippen LogP contribution in [0.3, 0.4) is 0 Å². The summed E-state index contributed by atoms with van der Waals surface area (Å²) in [6, 6.07) is 25.0. The molecule has 0 heterocycles. The summed E-state index contributed by atoms with van der Waals surface area (Å²) in [5.41, 5.74) is 2.87. The zero-order chi connectivity index (χ0) is 26.4. The van der Waals surface area contributed by atoms with Crippen LogP contribution in [0.15, 0.2) is 82.8 Å². The molecule has 4 aromatic carbocycles. The minimum Gasteiger partial charge on any atom is -0.490 e. The fourth-order valence-corrected chi connectivity index (χ4v) is 4.46. The van der Waals surface area contributed by atoms with E-state index in [4.69, 9.17) is 21.1 Å². The molecule has 1 N–H and O–H groups in total. The Morgan fingerprint density at radius 3 is 2.57 bits per heavy atom. The van der Waals surface area contributed by atoms with Gasteiger partial charge >= 0.3 is 0 Å². The summed E-state index contributed by atoms with van der Waals surface area (Å²) in [5, 5.41) is 15.3. The maximum Gasteiger partial charge on any atom is 0.266 e. The Morgan fingerprint density at radius 1 is 1.05 bits per heavy atom. The van der Waals surface area contributed by atoms with Gasteiger partial charge in [-0.05, 0) is 71.7 Å². The lowest BCUT2D eigenvalue weighted by molar-refractivity contribution is -0.112. The van der Waals surface area contributed by atoms with Gasteiger partial charge in [0.1, 0.15) is 18.2 Å².